The van der Waals surface area contributed by atoms with Crippen LogP contribution in [-0.2, 0) is 16.0 Å². The summed E-state index contributed by atoms with van der Waals surface area (Å²) in [7, 11) is 0. The molecule has 0 saturated heterocycles. The molecule has 106 valence electrons. The maximum Gasteiger partial charge on any atom is 0.573 e. The van der Waals surface area contributed by atoms with Gasteiger partial charge in [-0.3, -0.25) is 4.79 Å². The zero-order chi connectivity index (χ0) is 14.5. The van der Waals surface area contributed by atoms with Crippen molar-refractivity contribution >= 4 is 5.97 Å². The van der Waals surface area contributed by atoms with Gasteiger partial charge in [-0.2, -0.15) is 0 Å². The van der Waals surface area contributed by atoms with Crippen LogP contribution in [0.5, 0.6) is 5.75 Å². The molecule has 1 rings (SSSR count). The second kappa shape index (κ2) is 6.40. The average molecular weight is 280 g/mol. The van der Waals surface area contributed by atoms with Gasteiger partial charge in [-0.1, -0.05) is 0 Å². The molecule has 0 aliphatic carbocycles. The molecule has 1 aromatic rings. The molecule has 0 aliphatic rings. The van der Waals surface area contributed by atoms with E-state index in [0.29, 0.717) is 0 Å². The van der Waals surface area contributed by atoms with Crippen LogP contribution >= 0.6 is 0 Å². The van der Waals surface area contributed by atoms with E-state index in [0.717, 1.165) is 18.2 Å². The molecule has 0 aromatic heterocycles. The first kappa shape index (κ1) is 15.3. The van der Waals surface area contributed by atoms with Gasteiger partial charge >= 0.3 is 12.3 Å². The van der Waals surface area contributed by atoms with Gasteiger partial charge in [0, 0.05) is 6.42 Å². The van der Waals surface area contributed by atoms with Crippen molar-refractivity contribution in [2.24, 2.45) is 0 Å². The molecule has 0 bridgehead atoms. The number of aryl methyl sites for hydroxylation is 1. The van der Waals surface area contributed by atoms with Crippen molar-refractivity contribution in [2.45, 2.75) is 26.1 Å². The Morgan fingerprint density at radius 3 is 2.58 bits per heavy atom. The Morgan fingerprint density at radius 2 is 2.00 bits per heavy atom. The van der Waals surface area contributed by atoms with Gasteiger partial charge < -0.3 is 9.47 Å². The van der Waals surface area contributed by atoms with E-state index < -0.39 is 23.9 Å². The molecule has 0 spiro atoms. The summed E-state index contributed by atoms with van der Waals surface area (Å²) in [5.74, 6) is -1.78. The van der Waals surface area contributed by atoms with Crippen LogP contribution in [0.25, 0.3) is 0 Å². The van der Waals surface area contributed by atoms with E-state index in [-0.39, 0.29) is 25.0 Å². The van der Waals surface area contributed by atoms with Gasteiger partial charge in [0.1, 0.15) is 11.6 Å². The van der Waals surface area contributed by atoms with Crippen LogP contribution in [0.3, 0.4) is 0 Å². The lowest BCUT2D eigenvalue weighted by molar-refractivity contribution is -0.274. The van der Waals surface area contributed by atoms with Crippen molar-refractivity contribution < 1.29 is 31.8 Å². The summed E-state index contributed by atoms with van der Waals surface area (Å²) in [5.41, 5.74) is -0.0367. The predicted molar refractivity (Wildman–Crippen MR) is 58.0 cm³/mol. The van der Waals surface area contributed by atoms with Crippen molar-refractivity contribution in [2.75, 3.05) is 6.61 Å². The molecule has 0 N–H and O–H groups in total. The lowest BCUT2D eigenvalue weighted by Crippen LogP contribution is -2.18. The van der Waals surface area contributed by atoms with Crippen LogP contribution in [0.1, 0.15) is 18.9 Å². The second-order valence-electron chi connectivity index (χ2n) is 3.60. The van der Waals surface area contributed by atoms with E-state index in [2.05, 4.69) is 9.47 Å². The Morgan fingerprint density at radius 1 is 1.32 bits per heavy atom. The minimum absolute atomic E-state index is 0.0367. The highest BCUT2D eigenvalue weighted by molar-refractivity contribution is 5.69. The van der Waals surface area contributed by atoms with Crippen LogP contribution in [0.4, 0.5) is 17.6 Å². The van der Waals surface area contributed by atoms with Crippen LogP contribution in [0, 0.1) is 5.82 Å². The predicted octanol–water partition coefficient (Wildman–Crippen LogP) is 3.22. The number of hydrogen-bond donors (Lipinski definition) is 0. The normalized spacial score (nSPS) is 11.2. The maximum atomic E-state index is 13.0. The molecule has 0 heterocycles. The van der Waals surface area contributed by atoms with Crippen LogP contribution < -0.4 is 4.74 Å². The average Bonchev–Trinajstić information content (AvgIpc) is 2.28. The standard InChI is InChI=1S/C12H12F4O3/c1-2-18-11(17)6-3-8-7-9(13)4-5-10(8)19-12(14,15)16/h4-5,7H,2-3,6H2,1H3. The number of alkyl halides is 3. The first-order valence-electron chi connectivity index (χ1n) is 5.51. The summed E-state index contributed by atoms with van der Waals surface area (Å²) in [6.45, 7) is 1.78. The van der Waals surface area contributed by atoms with Gasteiger partial charge in [0.05, 0.1) is 6.61 Å². The Hall–Kier alpha value is -1.79. The number of ether oxygens (including phenoxy) is 2. The lowest BCUT2D eigenvalue weighted by Gasteiger charge is -2.13. The quantitative estimate of drug-likeness (QED) is 0.613. The number of carbonyl (C=O) groups is 1. The Kier molecular flexibility index (Phi) is 5.14. The topological polar surface area (TPSA) is 35.5 Å². The fourth-order valence-corrected chi connectivity index (χ4v) is 1.44. The molecule has 0 saturated carbocycles. The van der Waals surface area contributed by atoms with E-state index >= 15 is 0 Å². The van der Waals surface area contributed by atoms with Gasteiger partial charge in [-0.05, 0) is 37.1 Å². The summed E-state index contributed by atoms with van der Waals surface area (Å²) < 4.78 is 57.8. The Labute approximate surface area is 107 Å². The summed E-state index contributed by atoms with van der Waals surface area (Å²) in [5, 5.41) is 0. The summed E-state index contributed by atoms with van der Waals surface area (Å²) in [6, 6.07) is 2.64. The molecule has 3 nitrogen and oxygen atoms in total. The third-order valence-corrected chi connectivity index (χ3v) is 2.15. The fourth-order valence-electron chi connectivity index (χ4n) is 1.44. The number of esters is 1. The SMILES string of the molecule is CCOC(=O)CCc1cc(F)ccc1OC(F)(F)F. The maximum absolute atomic E-state index is 13.0. The van der Waals surface area contributed by atoms with Crippen molar-refractivity contribution in [3.8, 4) is 5.75 Å². The van der Waals surface area contributed by atoms with Gasteiger partial charge in [0.2, 0.25) is 0 Å². The van der Waals surface area contributed by atoms with E-state index in [1.807, 2.05) is 0 Å². The summed E-state index contributed by atoms with van der Waals surface area (Å²) in [4.78, 5) is 11.1. The molecule has 0 radical (unpaired) electrons. The van der Waals surface area contributed by atoms with Gasteiger partial charge in [-0.15, -0.1) is 13.2 Å². The van der Waals surface area contributed by atoms with E-state index in [9.17, 15) is 22.4 Å². The van der Waals surface area contributed by atoms with Crippen molar-refractivity contribution in [3.63, 3.8) is 0 Å². The Bertz CT molecular complexity index is 443. The number of rotatable bonds is 5. The summed E-state index contributed by atoms with van der Waals surface area (Å²) in [6.07, 6.45) is -5.11. The number of hydrogen-bond acceptors (Lipinski definition) is 3. The van der Waals surface area contributed by atoms with Crippen molar-refractivity contribution in [1.29, 1.82) is 0 Å². The van der Waals surface area contributed by atoms with E-state index in [1.54, 1.807) is 6.92 Å². The molecule has 19 heavy (non-hydrogen) atoms. The number of halogens is 4. The molecule has 0 fully saturated rings. The third-order valence-electron chi connectivity index (χ3n) is 2.15. The minimum atomic E-state index is -4.86. The molecular weight excluding hydrogens is 268 g/mol. The largest absolute Gasteiger partial charge is 0.573 e. The summed E-state index contributed by atoms with van der Waals surface area (Å²) >= 11 is 0. The van der Waals surface area contributed by atoms with Gasteiger partial charge in [0.15, 0.2) is 0 Å². The number of benzene rings is 1. The third kappa shape index (κ3) is 5.58. The highest BCUT2D eigenvalue weighted by Gasteiger charge is 2.32. The highest BCUT2D eigenvalue weighted by Crippen LogP contribution is 2.27. The molecule has 1 aromatic carbocycles. The minimum Gasteiger partial charge on any atom is -0.466 e. The second-order valence-corrected chi connectivity index (χ2v) is 3.60. The fraction of sp³-hybridized carbons (Fsp3) is 0.417. The Balaban J connectivity index is 2.79. The van der Waals surface area contributed by atoms with E-state index in [1.165, 1.54) is 0 Å². The molecule has 0 amide bonds. The zero-order valence-corrected chi connectivity index (χ0v) is 10.1. The molecule has 7 heteroatoms. The molecular formula is C12H12F4O3. The smallest absolute Gasteiger partial charge is 0.466 e. The van der Waals surface area contributed by atoms with Crippen LogP contribution in [-0.4, -0.2) is 18.9 Å². The van der Waals surface area contributed by atoms with Crippen molar-refractivity contribution in [1.82, 2.24) is 0 Å². The highest BCUT2D eigenvalue weighted by atomic mass is 19.4. The van der Waals surface area contributed by atoms with Crippen LogP contribution in [0.15, 0.2) is 18.2 Å². The molecule has 0 atom stereocenters. The monoisotopic (exact) mass is 280 g/mol. The van der Waals surface area contributed by atoms with Crippen molar-refractivity contribution in [3.05, 3.63) is 29.6 Å². The lowest BCUT2D eigenvalue weighted by atomic mass is 10.1. The van der Waals surface area contributed by atoms with Crippen LogP contribution in [0.2, 0.25) is 0 Å². The first-order chi connectivity index (χ1) is 8.81. The van der Waals surface area contributed by atoms with E-state index in [4.69, 9.17) is 0 Å². The van der Waals surface area contributed by atoms with Gasteiger partial charge in [-0.25, -0.2) is 4.39 Å². The zero-order valence-electron chi connectivity index (χ0n) is 10.1. The van der Waals surface area contributed by atoms with Gasteiger partial charge in [0.25, 0.3) is 0 Å². The molecule has 0 aliphatic heterocycles. The molecule has 0 unspecified atom stereocenters. The first-order valence-corrected chi connectivity index (χ1v) is 5.51. The number of carbonyl (C=O) groups excluding carboxylic acids is 1.